The summed E-state index contributed by atoms with van der Waals surface area (Å²) in [7, 11) is 0. The molecule has 1 aliphatic heterocycles. The molecule has 0 bridgehead atoms. The van der Waals surface area contributed by atoms with E-state index < -0.39 is 0 Å². The van der Waals surface area contributed by atoms with Crippen LogP contribution in [0.2, 0.25) is 0 Å². The van der Waals surface area contributed by atoms with Gasteiger partial charge >= 0.3 is 0 Å². The van der Waals surface area contributed by atoms with E-state index in [-0.39, 0.29) is 24.8 Å². The second kappa shape index (κ2) is 5.54. The Labute approximate surface area is 65.1 Å². The lowest BCUT2D eigenvalue weighted by atomic mass is 10.8. The molecule has 0 spiro atoms. The van der Waals surface area contributed by atoms with Crippen LogP contribution < -0.4 is 5.73 Å². The quantitative estimate of drug-likeness (QED) is 0.593. The van der Waals surface area contributed by atoms with Gasteiger partial charge in [0.25, 0.3) is 0 Å². The third-order valence-electron chi connectivity index (χ3n) is 0.609. The summed E-state index contributed by atoms with van der Waals surface area (Å²) in [5, 5.41) is 0.745. The molecule has 50 valence electrons. The van der Waals surface area contributed by atoms with E-state index in [1.165, 1.54) is 0 Å². The van der Waals surface area contributed by atoms with Gasteiger partial charge < -0.3 is 5.73 Å². The van der Waals surface area contributed by atoms with Crippen LogP contribution in [-0.2, 0) is 0 Å². The van der Waals surface area contributed by atoms with E-state index in [1.54, 1.807) is 11.8 Å². The van der Waals surface area contributed by atoms with Crippen molar-refractivity contribution in [2.45, 2.75) is 0 Å². The molecule has 2 N–H and O–H groups in total. The van der Waals surface area contributed by atoms with E-state index in [4.69, 9.17) is 5.73 Å². The van der Waals surface area contributed by atoms with Gasteiger partial charge in [0.15, 0.2) is 5.17 Å². The van der Waals surface area contributed by atoms with E-state index >= 15 is 0 Å². The lowest BCUT2D eigenvalue weighted by molar-refractivity contribution is 1.17. The summed E-state index contributed by atoms with van der Waals surface area (Å²) >= 11 is 1.62. The number of halogens is 2. The number of nitrogens with two attached hydrogens (primary N) is 1. The maximum Gasteiger partial charge on any atom is 0.153 e. The van der Waals surface area contributed by atoms with Gasteiger partial charge in [0.2, 0.25) is 0 Å². The van der Waals surface area contributed by atoms with E-state index in [0.29, 0.717) is 0 Å². The van der Waals surface area contributed by atoms with Crippen LogP contribution in [0.1, 0.15) is 0 Å². The highest BCUT2D eigenvalue weighted by molar-refractivity contribution is 8.14. The lowest BCUT2D eigenvalue weighted by Crippen LogP contribution is -2.00. The van der Waals surface area contributed by atoms with Gasteiger partial charge in [0.05, 0.1) is 6.54 Å². The van der Waals surface area contributed by atoms with Crippen LogP contribution in [0.4, 0.5) is 0 Å². The molecule has 1 heterocycles. The number of nitrogens with zero attached hydrogens (tertiary/aromatic N) is 1. The minimum absolute atomic E-state index is 0. The number of amidine groups is 1. The summed E-state index contributed by atoms with van der Waals surface area (Å²) in [6.45, 7) is 0.913. The number of aliphatic imine (C=N–C) groups is 1. The van der Waals surface area contributed by atoms with Crippen molar-refractivity contribution in [3.8, 4) is 0 Å². The molecule has 0 aromatic heterocycles. The zero-order valence-corrected chi connectivity index (χ0v) is 6.61. The normalized spacial score (nSPS) is 15.8. The Kier molecular flexibility index (Phi) is 7.77. The van der Waals surface area contributed by atoms with Gasteiger partial charge in [-0.1, -0.05) is 11.8 Å². The van der Waals surface area contributed by atoms with Crippen molar-refractivity contribution >= 4 is 41.7 Å². The first kappa shape index (κ1) is 11.2. The maximum atomic E-state index is 5.25. The van der Waals surface area contributed by atoms with E-state index in [9.17, 15) is 0 Å². The summed E-state index contributed by atoms with van der Waals surface area (Å²) in [4.78, 5) is 3.89. The van der Waals surface area contributed by atoms with Gasteiger partial charge in [-0.05, 0) is 0 Å². The Morgan fingerprint density at radius 3 is 2.25 bits per heavy atom. The predicted molar refractivity (Wildman–Crippen MR) is 43.4 cm³/mol. The van der Waals surface area contributed by atoms with Crippen molar-refractivity contribution in [1.29, 1.82) is 0 Å². The minimum Gasteiger partial charge on any atom is -0.379 e. The van der Waals surface area contributed by atoms with E-state index in [0.717, 1.165) is 17.5 Å². The molecule has 0 atom stereocenters. The average Bonchev–Trinajstić information content (AvgIpc) is 1.86. The second-order valence-corrected chi connectivity index (χ2v) is 2.18. The second-order valence-electron chi connectivity index (χ2n) is 1.07. The molecule has 0 fully saturated rings. The van der Waals surface area contributed by atoms with Crippen LogP contribution in [-0.4, -0.2) is 17.5 Å². The number of hydrogen-bond donors (Lipinski definition) is 1. The molecular weight excluding hydrogens is 167 g/mol. The smallest absolute Gasteiger partial charge is 0.153 e. The van der Waals surface area contributed by atoms with Crippen molar-refractivity contribution in [2.24, 2.45) is 10.7 Å². The van der Waals surface area contributed by atoms with Gasteiger partial charge in [-0.2, -0.15) is 0 Å². The molecule has 0 aromatic carbocycles. The molecule has 2 nitrogen and oxygen atoms in total. The monoisotopic (exact) mass is 174 g/mol. The first-order valence-electron chi connectivity index (χ1n) is 1.82. The highest BCUT2D eigenvalue weighted by atomic mass is 35.5. The number of hydrogen-bond acceptors (Lipinski definition) is 3. The summed E-state index contributed by atoms with van der Waals surface area (Å²) in [6, 6.07) is 0. The van der Waals surface area contributed by atoms with Gasteiger partial charge in [0.1, 0.15) is 0 Å². The van der Waals surface area contributed by atoms with E-state index in [2.05, 4.69) is 4.99 Å². The molecular formula is C3H8Cl2N2S. The molecule has 0 unspecified atom stereocenters. The van der Waals surface area contributed by atoms with E-state index in [1.807, 2.05) is 0 Å². The highest BCUT2D eigenvalue weighted by Crippen LogP contribution is 2.05. The van der Waals surface area contributed by atoms with Crippen molar-refractivity contribution in [2.75, 3.05) is 12.3 Å². The van der Waals surface area contributed by atoms with Crippen LogP contribution in [0.3, 0.4) is 0 Å². The molecule has 1 rings (SSSR count). The van der Waals surface area contributed by atoms with Gasteiger partial charge in [-0.15, -0.1) is 24.8 Å². The third kappa shape index (κ3) is 3.41. The fraction of sp³-hybridized carbons (Fsp3) is 0.667. The molecule has 0 aliphatic carbocycles. The first-order chi connectivity index (χ1) is 2.89. The minimum atomic E-state index is 0. The molecule has 1 aliphatic rings. The Hall–Kier alpha value is 0.400. The van der Waals surface area contributed by atoms with Crippen molar-refractivity contribution < 1.29 is 0 Å². The van der Waals surface area contributed by atoms with Crippen LogP contribution in [0.5, 0.6) is 0 Å². The number of rotatable bonds is 0. The van der Waals surface area contributed by atoms with Crippen LogP contribution in [0.25, 0.3) is 0 Å². The highest BCUT2D eigenvalue weighted by Gasteiger charge is 1.98. The molecule has 8 heavy (non-hydrogen) atoms. The van der Waals surface area contributed by atoms with Crippen molar-refractivity contribution in [3.05, 3.63) is 0 Å². The summed E-state index contributed by atoms with van der Waals surface area (Å²) in [5.74, 6) is 1.08. The van der Waals surface area contributed by atoms with Crippen molar-refractivity contribution in [1.82, 2.24) is 0 Å². The zero-order chi connectivity index (χ0) is 4.41. The molecule has 0 saturated carbocycles. The van der Waals surface area contributed by atoms with Crippen molar-refractivity contribution in [3.63, 3.8) is 0 Å². The zero-order valence-electron chi connectivity index (χ0n) is 4.16. The largest absolute Gasteiger partial charge is 0.379 e. The first-order valence-corrected chi connectivity index (χ1v) is 2.81. The summed E-state index contributed by atoms with van der Waals surface area (Å²) < 4.78 is 0. The predicted octanol–water partition coefficient (Wildman–Crippen LogP) is 0.892. The topological polar surface area (TPSA) is 38.4 Å². The fourth-order valence-electron chi connectivity index (χ4n) is 0.352. The Balaban J connectivity index is 0. The molecule has 0 amide bonds. The molecule has 0 saturated heterocycles. The van der Waals surface area contributed by atoms with Crippen LogP contribution in [0, 0.1) is 0 Å². The molecule has 5 heteroatoms. The summed E-state index contributed by atoms with van der Waals surface area (Å²) in [6.07, 6.45) is 0. The lowest BCUT2D eigenvalue weighted by Gasteiger charge is -1.78. The number of thioether (sulfide) groups is 1. The maximum absolute atomic E-state index is 5.25. The van der Waals surface area contributed by atoms with Crippen LogP contribution >= 0.6 is 36.6 Å². The molecule has 0 radical (unpaired) electrons. The average molecular weight is 175 g/mol. The SMILES string of the molecule is Cl.Cl.NC1=NCCS1. The summed E-state index contributed by atoms with van der Waals surface area (Å²) in [5.41, 5.74) is 5.25. The van der Waals surface area contributed by atoms with Gasteiger partial charge in [0, 0.05) is 5.75 Å². The Morgan fingerprint density at radius 2 is 2.12 bits per heavy atom. The molecule has 0 aromatic rings. The van der Waals surface area contributed by atoms with Crippen LogP contribution in [0.15, 0.2) is 4.99 Å². The third-order valence-corrected chi connectivity index (χ3v) is 1.42. The Bertz CT molecular complexity index is 85.4. The Morgan fingerprint density at radius 1 is 1.50 bits per heavy atom. The fourth-order valence-corrected chi connectivity index (χ4v) is 0.926. The standard InChI is InChI=1S/C3H6N2S.2ClH/c4-3-5-1-2-6-3;;/h1-2H2,(H2,4,5);2*1H. The van der Waals surface area contributed by atoms with Gasteiger partial charge in [-0.3, -0.25) is 4.99 Å². The van der Waals surface area contributed by atoms with Gasteiger partial charge in [-0.25, -0.2) is 0 Å².